The number of hydrogen-bond donors (Lipinski definition) is 3. The fraction of sp³-hybridized carbons (Fsp3) is 0.588. The van der Waals surface area contributed by atoms with Gasteiger partial charge in [-0.3, -0.25) is 0 Å². The first-order chi connectivity index (χ1) is 10.5. The van der Waals surface area contributed by atoms with Crippen molar-refractivity contribution in [2.75, 3.05) is 18.1 Å². The number of nitrogens with one attached hydrogen (secondary N) is 2. The maximum Gasteiger partial charge on any atom is 0.315 e. The van der Waals surface area contributed by atoms with Gasteiger partial charge in [-0.1, -0.05) is 44.2 Å². The van der Waals surface area contributed by atoms with Crippen LogP contribution in [0, 0.1) is 5.92 Å². The Balaban J connectivity index is 1.90. The topological polar surface area (TPSA) is 61.4 Å². The van der Waals surface area contributed by atoms with E-state index in [4.69, 9.17) is 0 Å². The van der Waals surface area contributed by atoms with Gasteiger partial charge in [-0.25, -0.2) is 4.79 Å². The first-order valence-electron chi connectivity index (χ1n) is 7.88. The monoisotopic (exact) mass is 322 g/mol. The molecule has 1 aliphatic heterocycles. The molecule has 0 spiro atoms. The van der Waals surface area contributed by atoms with Crippen LogP contribution in [0.2, 0.25) is 0 Å². The molecular weight excluding hydrogens is 296 g/mol. The van der Waals surface area contributed by atoms with Gasteiger partial charge in [-0.2, -0.15) is 11.8 Å². The number of aliphatic hydroxyl groups is 1. The van der Waals surface area contributed by atoms with Crippen LogP contribution in [0.5, 0.6) is 0 Å². The molecule has 22 heavy (non-hydrogen) atoms. The molecule has 1 aromatic rings. The highest BCUT2D eigenvalue weighted by Crippen LogP contribution is 2.27. The lowest BCUT2D eigenvalue weighted by molar-refractivity contribution is 0.0698. The number of urea groups is 1. The Morgan fingerprint density at radius 1 is 1.36 bits per heavy atom. The van der Waals surface area contributed by atoms with E-state index in [9.17, 15) is 9.90 Å². The van der Waals surface area contributed by atoms with E-state index in [-0.39, 0.29) is 12.1 Å². The Morgan fingerprint density at radius 2 is 2.09 bits per heavy atom. The van der Waals surface area contributed by atoms with E-state index in [0.717, 1.165) is 24.2 Å². The Kier molecular flexibility index (Phi) is 6.15. The molecule has 0 radical (unpaired) electrons. The van der Waals surface area contributed by atoms with Crippen molar-refractivity contribution in [2.45, 2.75) is 38.3 Å². The SMILES string of the molecule is CC(C)CC(NC(=O)NCC1(O)CCSC1)c1ccccc1. The highest BCUT2D eigenvalue weighted by Gasteiger charge is 2.32. The van der Waals surface area contributed by atoms with Crippen molar-refractivity contribution in [1.82, 2.24) is 10.6 Å². The van der Waals surface area contributed by atoms with Gasteiger partial charge in [0, 0.05) is 12.3 Å². The van der Waals surface area contributed by atoms with Crippen LogP contribution in [-0.2, 0) is 0 Å². The minimum absolute atomic E-state index is 0.00574. The molecule has 122 valence electrons. The third-order valence-electron chi connectivity index (χ3n) is 3.87. The van der Waals surface area contributed by atoms with Gasteiger partial charge in [-0.05, 0) is 30.1 Å². The van der Waals surface area contributed by atoms with Gasteiger partial charge in [0.25, 0.3) is 0 Å². The number of amides is 2. The van der Waals surface area contributed by atoms with Crippen molar-refractivity contribution >= 4 is 17.8 Å². The van der Waals surface area contributed by atoms with Crippen molar-refractivity contribution in [2.24, 2.45) is 5.92 Å². The smallest absolute Gasteiger partial charge is 0.315 e. The van der Waals surface area contributed by atoms with Crippen LogP contribution >= 0.6 is 11.8 Å². The summed E-state index contributed by atoms with van der Waals surface area (Å²) in [4.78, 5) is 12.2. The average molecular weight is 322 g/mol. The van der Waals surface area contributed by atoms with Crippen molar-refractivity contribution in [3.63, 3.8) is 0 Å². The number of rotatable bonds is 6. The molecule has 2 unspecified atom stereocenters. The standard InChI is InChI=1S/C17H26N2O2S/c1-13(2)10-15(14-6-4-3-5-7-14)19-16(20)18-11-17(21)8-9-22-12-17/h3-7,13,15,21H,8-12H2,1-2H3,(H2,18,19,20). The van der Waals surface area contributed by atoms with Gasteiger partial charge in [0.2, 0.25) is 0 Å². The van der Waals surface area contributed by atoms with Gasteiger partial charge in [0.15, 0.2) is 0 Å². The van der Waals surface area contributed by atoms with E-state index in [1.807, 2.05) is 30.3 Å². The molecule has 2 amide bonds. The third-order valence-corrected chi connectivity index (χ3v) is 5.11. The zero-order valence-electron chi connectivity index (χ0n) is 13.3. The average Bonchev–Trinajstić information content (AvgIpc) is 2.92. The molecule has 1 fully saturated rings. The summed E-state index contributed by atoms with van der Waals surface area (Å²) in [5.41, 5.74) is 0.365. The lowest BCUT2D eigenvalue weighted by Crippen LogP contribution is -2.47. The summed E-state index contributed by atoms with van der Waals surface area (Å²) >= 11 is 1.73. The second-order valence-corrected chi connectivity index (χ2v) is 7.55. The van der Waals surface area contributed by atoms with E-state index >= 15 is 0 Å². The van der Waals surface area contributed by atoms with E-state index in [2.05, 4.69) is 24.5 Å². The first-order valence-corrected chi connectivity index (χ1v) is 9.03. The number of hydrogen-bond acceptors (Lipinski definition) is 3. The van der Waals surface area contributed by atoms with Crippen molar-refractivity contribution < 1.29 is 9.90 Å². The molecule has 4 nitrogen and oxygen atoms in total. The van der Waals surface area contributed by atoms with E-state index in [1.54, 1.807) is 11.8 Å². The minimum atomic E-state index is -0.748. The van der Waals surface area contributed by atoms with Crippen LogP contribution in [0.3, 0.4) is 0 Å². The fourth-order valence-electron chi connectivity index (χ4n) is 2.63. The summed E-state index contributed by atoms with van der Waals surface area (Å²) in [6.45, 7) is 4.61. The van der Waals surface area contributed by atoms with Gasteiger partial charge >= 0.3 is 6.03 Å². The third kappa shape index (κ3) is 5.21. The maximum absolute atomic E-state index is 12.2. The number of carbonyl (C=O) groups is 1. The van der Waals surface area contributed by atoms with Crippen molar-refractivity contribution in [3.8, 4) is 0 Å². The van der Waals surface area contributed by atoms with Crippen LogP contribution in [0.25, 0.3) is 0 Å². The molecule has 2 atom stereocenters. The van der Waals surface area contributed by atoms with E-state index in [0.29, 0.717) is 18.2 Å². The van der Waals surface area contributed by atoms with Crippen LogP contribution in [0.1, 0.15) is 38.3 Å². The highest BCUT2D eigenvalue weighted by atomic mass is 32.2. The summed E-state index contributed by atoms with van der Waals surface area (Å²) in [6, 6.07) is 9.81. The Hall–Kier alpha value is -1.20. The van der Waals surface area contributed by atoms with Gasteiger partial charge in [-0.15, -0.1) is 0 Å². The summed E-state index contributed by atoms with van der Waals surface area (Å²) < 4.78 is 0. The molecule has 0 aromatic heterocycles. The number of benzene rings is 1. The van der Waals surface area contributed by atoms with Crippen molar-refractivity contribution in [1.29, 1.82) is 0 Å². The molecule has 3 N–H and O–H groups in total. The zero-order chi connectivity index (χ0) is 16.0. The zero-order valence-corrected chi connectivity index (χ0v) is 14.2. The Morgan fingerprint density at radius 3 is 2.68 bits per heavy atom. The van der Waals surface area contributed by atoms with Crippen LogP contribution < -0.4 is 10.6 Å². The second kappa shape index (κ2) is 7.88. The number of thioether (sulfide) groups is 1. The predicted molar refractivity (Wildman–Crippen MR) is 92.1 cm³/mol. The summed E-state index contributed by atoms with van der Waals surface area (Å²) in [5.74, 6) is 2.14. The maximum atomic E-state index is 12.2. The first kappa shape index (κ1) is 17.2. The molecule has 0 aliphatic carbocycles. The molecule has 2 rings (SSSR count). The van der Waals surface area contributed by atoms with Gasteiger partial charge in [0.1, 0.15) is 0 Å². The molecule has 1 saturated heterocycles. The Bertz CT molecular complexity index is 473. The summed E-state index contributed by atoms with van der Waals surface area (Å²) in [6.07, 6.45) is 1.63. The largest absolute Gasteiger partial charge is 0.387 e. The lowest BCUT2D eigenvalue weighted by Gasteiger charge is -2.24. The molecule has 0 saturated carbocycles. The minimum Gasteiger partial charge on any atom is -0.387 e. The quantitative estimate of drug-likeness (QED) is 0.754. The molecule has 0 bridgehead atoms. The highest BCUT2D eigenvalue weighted by molar-refractivity contribution is 7.99. The molecular formula is C17H26N2O2S. The van der Waals surface area contributed by atoms with Gasteiger partial charge < -0.3 is 15.7 Å². The molecule has 1 aliphatic rings. The van der Waals surface area contributed by atoms with Crippen LogP contribution in [-0.4, -0.2) is 34.8 Å². The van der Waals surface area contributed by atoms with Crippen molar-refractivity contribution in [3.05, 3.63) is 35.9 Å². The normalized spacial score (nSPS) is 22.5. The molecule has 1 heterocycles. The van der Waals surface area contributed by atoms with E-state index in [1.165, 1.54) is 0 Å². The Labute approximate surface area is 137 Å². The van der Waals surface area contributed by atoms with E-state index < -0.39 is 5.60 Å². The molecule has 1 aromatic carbocycles. The van der Waals surface area contributed by atoms with Crippen LogP contribution in [0.15, 0.2) is 30.3 Å². The second-order valence-electron chi connectivity index (χ2n) is 6.45. The summed E-state index contributed by atoms with van der Waals surface area (Å²) in [7, 11) is 0. The van der Waals surface area contributed by atoms with Gasteiger partial charge in [0.05, 0.1) is 11.6 Å². The lowest BCUT2D eigenvalue weighted by atomic mass is 9.97. The molecule has 5 heteroatoms. The summed E-state index contributed by atoms with van der Waals surface area (Å²) in [5, 5.41) is 16.1. The predicted octanol–water partition coefficient (Wildman–Crippen LogP) is 2.94. The number of carbonyl (C=O) groups excluding carboxylic acids is 1. The van der Waals surface area contributed by atoms with Crippen LogP contribution in [0.4, 0.5) is 4.79 Å². The fourth-order valence-corrected chi connectivity index (χ4v) is 3.92.